The number of amides is 2. The van der Waals surface area contributed by atoms with Crippen LogP contribution in [-0.2, 0) is 4.79 Å². The quantitative estimate of drug-likeness (QED) is 0.732. The number of nitrogens with one attached hydrogen (secondary N) is 1. The highest BCUT2D eigenvalue weighted by molar-refractivity contribution is 8.13. The van der Waals surface area contributed by atoms with Crippen LogP contribution in [0.4, 0.5) is 4.79 Å². The first kappa shape index (κ1) is 18.6. The highest BCUT2D eigenvalue weighted by atomic mass is 32.2. The lowest BCUT2D eigenvalue weighted by molar-refractivity contribution is -0.121. The van der Waals surface area contributed by atoms with Crippen LogP contribution in [0.25, 0.3) is 0 Å². The van der Waals surface area contributed by atoms with E-state index in [1.165, 1.54) is 22.9 Å². The van der Waals surface area contributed by atoms with Gasteiger partial charge in [0.15, 0.2) is 0 Å². The largest absolute Gasteiger partial charge is 0.493 e. The van der Waals surface area contributed by atoms with E-state index in [1.54, 1.807) is 4.90 Å². The Labute approximate surface area is 148 Å². The van der Waals surface area contributed by atoms with Crippen LogP contribution in [0.5, 0.6) is 5.75 Å². The maximum atomic E-state index is 11.8. The third kappa shape index (κ3) is 5.44. The number of hydrogen-bond donors (Lipinski definition) is 1. The number of aryl methyl sites for hydroxylation is 2. The van der Waals surface area contributed by atoms with Crippen LogP contribution in [0, 0.1) is 20.8 Å². The monoisotopic (exact) mass is 350 g/mol. The van der Waals surface area contributed by atoms with Crippen molar-refractivity contribution >= 4 is 22.9 Å². The summed E-state index contributed by atoms with van der Waals surface area (Å²) in [6.45, 7) is 8.62. The average molecular weight is 350 g/mol. The summed E-state index contributed by atoms with van der Waals surface area (Å²) in [5.41, 5.74) is 3.58. The van der Waals surface area contributed by atoms with Crippen LogP contribution in [0.15, 0.2) is 12.1 Å². The molecule has 0 aliphatic carbocycles. The molecule has 1 aromatic carbocycles. The summed E-state index contributed by atoms with van der Waals surface area (Å²) in [6, 6.07) is 4.19. The van der Waals surface area contributed by atoms with Gasteiger partial charge in [-0.3, -0.25) is 9.59 Å². The molecule has 0 bridgehead atoms. The molecule has 1 aliphatic heterocycles. The zero-order valence-corrected chi connectivity index (χ0v) is 15.5. The molecule has 0 radical (unpaired) electrons. The number of hydrogen-bond acceptors (Lipinski definition) is 4. The molecule has 1 fully saturated rings. The summed E-state index contributed by atoms with van der Waals surface area (Å²) in [4.78, 5) is 25.0. The Balaban J connectivity index is 1.61. The van der Waals surface area contributed by atoms with Gasteiger partial charge in [-0.25, -0.2) is 0 Å². The second-order valence-corrected chi connectivity index (χ2v) is 7.15. The molecule has 0 saturated carbocycles. The highest BCUT2D eigenvalue weighted by Gasteiger charge is 2.21. The first-order valence-corrected chi connectivity index (χ1v) is 9.35. The maximum Gasteiger partial charge on any atom is 0.281 e. The van der Waals surface area contributed by atoms with Crippen LogP contribution in [0.3, 0.4) is 0 Å². The van der Waals surface area contributed by atoms with Crippen molar-refractivity contribution in [3.63, 3.8) is 0 Å². The Bertz CT molecular complexity index is 604. The first-order chi connectivity index (χ1) is 11.5. The Kier molecular flexibility index (Phi) is 6.97. The normalized spacial score (nSPS) is 14.1. The lowest BCUT2D eigenvalue weighted by Crippen LogP contribution is -2.31. The van der Waals surface area contributed by atoms with E-state index in [0.29, 0.717) is 26.1 Å². The summed E-state index contributed by atoms with van der Waals surface area (Å²) >= 11 is 1.32. The third-order valence-corrected chi connectivity index (χ3v) is 5.01. The number of carbonyl (C=O) groups excluding carboxylic acids is 2. The van der Waals surface area contributed by atoms with Crippen molar-refractivity contribution < 1.29 is 14.3 Å². The Morgan fingerprint density at radius 2 is 2.12 bits per heavy atom. The van der Waals surface area contributed by atoms with Gasteiger partial charge in [-0.15, -0.1) is 0 Å². The summed E-state index contributed by atoms with van der Waals surface area (Å²) in [5, 5.41) is 2.96. The minimum Gasteiger partial charge on any atom is -0.493 e. The van der Waals surface area contributed by atoms with Gasteiger partial charge in [-0.05, 0) is 49.9 Å². The number of nitrogens with zero attached hydrogens (tertiary/aromatic N) is 1. The van der Waals surface area contributed by atoms with Gasteiger partial charge in [0.05, 0.1) is 6.61 Å². The van der Waals surface area contributed by atoms with Crippen molar-refractivity contribution in [2.45, 2.75) is 33.6 Å². The molecule has 132 valence electrons. The molecular formula is C18H26N2O3S. The van der Waals surface area contributed by atoms with Gasteiger partial charge in [-0.2, -0.15) is 0 Å². The van der Waals surface area contributed by atoms with Crippen LogP contribution >= 0.6 is 11.8 Å². The summed E-state index contributed by atoms with van der Waals surface area (Å²) < 4.78 is 5.83. The number of rotatable bonds is 8. The van der Waals surface area contributed by atoms with Crippen molar-refractivity contribution in [1.82, 2.24) is 10.2 Å². The second kappa shape index (κ2) is 8.97. The fourth-order valence-electron chi connectivity index (χ4n) is 2.59. The van der Waals surface area contributed by atoms with E-state index < -0.39 is 0 Å². The summed E-state index contributed by atoms with van der Waals surface area (Å²) in [7, 11) is 0. The van der Waals surface area contributed by atoms with Crippen molar-refractivity contribution in [1.29, 1.82) is 0 Å². The SMILES string of the molecule is Cc1cc(C)c(C)c(OCCCNC(=O)CCN2CCSC2=O)c1. The molecule has 1 heterocycles. The fourth-order valence-corrected chi connectivity index (χ4v) is 3.44. The Morgan fingerprint density at radius 1 is 1.33 bits per heavy atom. The second-order valence-electron chi connectivity index (χ2n) is 6.11. The van der Waals surface area contributed by atoms with Crippen LogP contribution in [0.1, 0.15) is 29.5 Å². The molecule has 2 rings (SSSR count). The zero-order valence-electron chi connectivity index (χ0n) is 14.7. The Hall–Kier alpha value is -1.69. The van der Waals surface area contributed by atoms with Crippen LogP contribution < -0.4 is 10.1 Å². The van der Waals surface area contributed by atoms with Gasteiger partial charge in [0, 0.05) is 31.8 Å². The lowest BCUT2D eigenvalue weighted by Gasteiger charge is -2.14. The number of thioether (sulfide) groups is 1. The van der Waals surface area contributed by atoms with Crippen molar-refractivity contribution in [3.05, 3.63) is 28.8 Å². The van der Waals surface area contributed by atoms with Gasteiger partial charge < -0.3 is 15.0 Å². The van der Waals surface area contributed by atoms with Gasteiger partial charge in [0.25, 0.3) is 5.24 Å². The first-order valence-electron chi connectivity index (χ1n) is 8.36. The smallest absolute Gasteiger partial charge is 0.281 e. The minimum absolute atomic E-state index is 0.0118. The molecule has 24 heavy (non-hydrogen) atoms. The lowest BCUT2D eigenvalue weighted by atomic mass is 10.1. The van der Waals surface area contributed by atoms with Gasteiger partial charge in [-0.1, -0.05) is 17.8 Å². The number of ether oxygens (including phenoxy) is 1. The predicted octanol–water partition coefficient (Wildman–Crippen LogP) is 3.06. The summed E-state index contributed by atoms with van der Waals surface area (Å²) in [6.07, 6.45) is 1.13. The molecule has 5 nitrogen and oxygen atoms in total. The van der Waals surface area contributed by atoms with E-state index in [4.69, 9.17) is 4.74 Å². The molecular weight excluding hydrogens is 324 g/mol. The van der Waals surface area contributed by atoms with Gasteiger partial charge in [0.1, 0.15) is 5.75 Å². The molecule has 6 heteroatoms. The molecule has 0 spiro atoms. The predicted molar refractivity (Wildman–Crippen MR) is 97.8 cm³/mol. The highest BCUT2D eigenvalue weighted by Crippen LogP contribution is 2.23. The molecule has 0 aromatic heterocycles. The van der Waals surface area contributed by atoms with Crippen molar-refractivity contribution in [2.75, 3.05) is 32.0 Å². The van der Waals surface area contributed by atoms with E-state index in [-0.39, 0.29) is 11.1 Å². The number of carbonyl (C=O) groups is 2. The molecule has 1 saturated heterocycles. The molecule has 1 aliphatic rings. The van der Waals surface area contributed by atoms with E-state index in [2.05, 4.69) is 32.2 Å². The molecule has 0 atom stereocenters. The van der Waals surface area contributed by atoms with Gasteiger partial charge in [0.2, 0.25) is 5.91 Å². The van der Waals surface area contributed by atoms with Crippen LogP contribution in [-0.4, -0.2) is 48.0 Å². The summed E-state index contributed by atoms with van der Waals surface area (Å²) in [5.74, 6) is 1.74. The van der Waals surface area contributed by atoms with E-state index >= 15 is 0 Å². The Morgan fingerprint density at radius 3 is 2.83 bits per heavy atom. The zero-order chi connectivity index (χ0) is 17.5. The van der Waals surface area contributed by atoms with E-state index in [0.717, 1.165) is 30.0 Å². The number of benzene rings is 1. The maximum absolute atomic E-state index is 11.8. The van der Waals surface area contributed by atoms with Crippen molar-refractivity contribution in [2.24, 2.45) is 0 Å². The molecule has 2 amide bonds. The topological polar surface area (TPSA) is 58.6 Å². The molecule has 1 aromatic rings. The van der Waals surface area contributed by atoms with Crippen LogP contribution in [0.2, 0.25) is 0 Å². The average Bonchev–Trinajstić information content (AvgIpc) is 2.94. The third-order valence-electron chi connectivity index (χ3n) is 4.12. The fraction of sp³-hybridized carbons (Fsp3) is 0.556. The minimum atomic E-state index is -0.0118. The molecule has 0 unspecified atom stereocenters. The van der Waals surface area contributed by atoms with Crippen molar-refractivity contribution in [3.8, 4) is 5.75 Å². The van der Waals surface area contributed by atoms with E-state index in [1.807, 2.05) is 6.07 Å². The standard InChI is InChI=1S/C18H26N2O3S/c1-13-11-14(2)15(3)16(12-13)23-9-4-6-19-17(21)5-7-20-8-10-24-18(20)22/h11-12H,4-10H2,1-3H3,(H,19,21). The molecule has 1 N–H and O–H groups in total. The van der Waals surface area contributed by atoms with E-state index in [9.17, 15) is 9.59 Å². The van der Waals surface area contributed by atoms with Gasteiger partial charge >= 0.3 is 0 Å².